The molecule has 0 amide bonds. The summed E-state index contributed by atoms with van der Waals surface area (Å²) in [6, 6.07) is 0. The van der Waals surface area contributed by atoms with Gasteiger partial charge in [0.15, 0.2) is 0 Å². The minimum absolute atomic E-state index is 0.865. The maximum absolute atomic E-state index is 3.23. The van der Waals surface area contributed by atoms with Crippen LogP contribution in [0.25, 0.3) is 0 Å². The molecule has 0 aliphatic heterocycles. The Morgan fingerprint density at radius 1 is 1.29 bits per heavy atom. The summed E-state index contributed by atoms with van der Waals surface area (Å²) >= 11 is 0. The number of unbranched alkanes of at least 4 members (excludes halogenated alkanes) is 1. The van der Waals surface area contributed by atoms with Gasteiger partial charge < -0.3 is 10.2 Å². The Morgan fingerprint density at radius 3 is 2.50 bits per heavy atom. The number of hydrogen-bond acceptors (Lipinski definition) is 2. The van der Waals surface area contributed by atoms with E-state index in [4.69, 9.17) is 0 Å². The van der Waals surface area contributed by atoms with E-state index in [1.807, 2.05) is 7.05 Å². The summed E-state index contributed by atoms with van der Waals surface area (Å²) in [5.74, 6) is 0.865. The Morgan fingerprint density at radius 2 is 2.00 bits per heavy atom. The molecule has 1 unspecified atom stereocenters. The quantitative estimate of drug-likeness (QED) is 0.614. The van der Waals surface area contributed by atoms with Crippen LogP contribution < -0.4 is 5.32 Å². The molecule has 0 rings (SSSR count). The van der Waals surface area contributed by atoms with Crippen molar-refractivity contribution in [3.63, 3.8) is 0 Å². The molecule has 14 heavy (non-hydrogen) atoms. The molecule has 0 radical (unpaired) electrons. The van der Waals surface area contributed by atoms with Crippen LogP contribution in [-0.4, -0.2) is 38.6 Å². The van der Waals surface area contributed by atoms with Gasteiger partial charge in [-0.25, -0.2) is 0 Å². The molecular weight excluding hydrogens is 172 g/mol. The van der Waals surface area contributed by atoms with Gasteiger partial charge in [0.2, 0.25) is 0 Å². The minimum Gasteiger partial charge on any atom is -0.320 e. The molecule has 0 aliphatic carbocycles. The van der Waals surface area contributed by atoms with Crippen molar-refractivity contribution in [3.8, 4) is 0 Å². The molecule has 0 aromatic rings. The monoisotopic (exact) mass is 200 g/mol. The van der Waals surface area contributed by atoms with Crippen molar-refractivity contribution in [2.24, 2.45) is 5.92 Å². The van der Waals surface area contributed by atoms with Gasteiger partial charge in [-0.3, -0.25) is 0 Å². The smallest absolute Gasteiger partial charge is 0.000698 e. The van der Waals surface area contributed by atoms with Gasteiger partial charge in [-0.1, -0.05) is 26.7 Å². The largest absolute Gasteiger partial charge is 0.320 e. The number of nitrogens with one attached hydrogen (secondary N) is 1. The lowest BCUT2D eigenvalue weighted by Crippen LogP contribution is -2.28. The summed E-state index contributed by atoms with van der Waals surface area (Å²) in [6.45, 7) is 8.23. The molecule has 0 fully saturated rings. The molecule has 0 heterocycles. The van der Waals surface area contributed by atoms with Crippen LogP contribution in [0.15, 0.2) is 0 Å². The predicted octanol–water partition coefficient (Wildman–Crippen LogP) is 2.35. The highest BCUT2D eigenvalue weighted by molar-refractivity contribution is 4.63. The van der Waals surface area contributed by atoms with Crippen molar-refractivity contribution in [3.05, 3.63) is 0 Å². The molecule has 0 spiro atoms. The van der Waals surface area contributed by atoms with Crippen LogP contribution in [0.1, 0.15) is 39.5 Å². The lowest BCUT2D eigenvalue weighted by Gasteiger charge is -2.22. The highest BCUT2D eigenvalue weighted by atomic mass is 15.1. The fourth-order valence-electron chi connectivity index (χ4n) is 1.73. The van der Waals surface area contributed by atoms with E-state index in [0.29, 0.717) is 0 Å². The van der Waals surface area contributed by atoms with Crippen LogP contribution >= 0.6 is 0 Å². The zero-order chi connectivity index (χ0) is 10.8. The molecular formula is C12H28N2. The van der Waals surface area contributed by atoms with Gasteiger partial charge in [0.1, 0.15) is 0 Å². The zero-order valence-electron chi connectivity index (χ0n) is 10.5. The molecule has 0 saturated heterocycles. The summed E-state index contributed by atoms with van der Waals surface area (Å²) < 4.78 is 0. The fourth-order valence-corrected chi connectivity index (χ4v) is 1.73. The van der Waals surface area contributed by atoms with Crippen molar-refractivity contribution < 1.29 is 0 Å². The summed E-state index contributed by atoms with van der Waals surface area (Å²) in [7, 11) is 4.28. The molecule has 2 nitrogen and oxygen atoms in total. The first-order chi connectivity index (χ1) is 6.74. The average Bonchev–Trinajstić information content (AvgIpc) is 2.21. The van der Waals surface area contributed by atoms with Crippen molar-refractivity contribution in [2.45, 2.75) is 39.5 Å². The average molecular weight is 200 g/mol. The number of rotatable bonds is 9. The Hall–Kier alpha value is -0.0800. The first-order valence-corrected chi connectivity index (χ1v) is 6.07. The normalized spacial score (nSPS) is 13.5. The molecule has 0 aliphatic rings. The van der Waals surface area contributed by atoms with E-state index in [2.05, 4.69) is 31.1 Å². The van der Waals surface area contributed by atoms with E-state index in [-0.39, 0.29) is 0 Å². The molecule has 0 aromatic heterocycles. The second kappa shape index (κ2) is 9.47. The first-order valence-electron chi connectivity index (χ1n) is 6.07. The predicted molar refractivity (Wildman–Crippen MR) is 64.7 cm³/mol. The van der Waals surface area contributed by atoms with Crippen molar-refractivity contribution in [2.75, 3.05) is 33.7 Å². The molecule has 1 atom stereocenters. The van der Waals surface area contributed by atoms with Crippen molar-refractivity contribution >= 4 is 0 Å². The van der Waals surface area contributed by atoms with E-state index in [1.54, 1.807) is 0 Å². The molecule has 0 bridgehead atoms. The summed E-state index contributed by atoms with van der Waals surface area (Å²) in [5, 5.41) is 3.23. The Labute approximate surface area is 90.1 Å². The van der Waals surface area contributed by atoms with Gasteiger partial charge in [-0.2, -0.15) is 0 Å². The lowest BCUT2D eigenvalue weighted by molar-refractivity contribution is 0.259. The lowest BCUT2D eigenvalue weighted by atomic mass is 10.0. The van der Waals surface area contributed by atoms with Crippen LogP contribution in [0.4, 0.5) is 0 Å². The van der Waals surface area contributed by atoms with Crippen molar-refractivity contribution in [1.29, 1.82) is 0 Å². The molecule has 1 N–H and O–H groups in total. The SMILES string of the molecule is CCCCN(C)CC(CC)CCNC. The second-order valence-corrected chi connectivity index (χ2v) is 4.28. The minimum atomic E-state index is 0.865. The molecule has 0 aromatic carbocycles. The first kappa shape index (κ1) is 13.9. The van der Waals surface area contributed by atoms with Gasteiger partial charge in [-0.05, 0) is 45.9 Å². The highest BCUT2D eigenvalue weighted by Crippen LogP contribution is 2.09. The number of nitrogens with zero attached hydrogens (tertiary/aromatic N) is 1. The maximum atomic E-state index is 3.23. The second-order valence-electron chi connectivity index (χ2n) is 4.28. The molecule has 0 saturated carbocycles. The van der Waals surface area contributed by atoms with E-state index < -0.39 is 0 Å². The third-order valence-corrected chi connectivity index (χ3v) is 2.84. The zero-order valence-corrected chi connectivity index (χ0v) is 10.5. The summed E-state index contributed by atoms with van der Waals surface area (Å²) in [5.41, 5.74) is 0. The van der Waals surface area contributed by atoms with Crippen LogP contribution in [0.2, 0.25) is 0 Å². The van der Waals surface area contributed by atoms with E-state index >= 15 is 0 Å². The van der Waals surface area contributed by atoms with Crippen LogP contribution in [0, 0.1) is 5.92 Å². The van der Waals surface area contributed by atoms with Gasteiger partial charge in [0, 0.05) is 6.54 Å². The van der Waals surface area contributed by atoms with E-state index in [0.717, 1.165) is 12.5 Å². The maximum Gasteiger partial charge on any atom is 0.000698 e. The van der Waals surface area contributed by atoms with E-state index in [9.17, 15) is 0 Å². The van der Waals surface area contributed by atoms with Gasteiger partial charge in [-0.15, -0.1) is 0 Å². The van der Waals surface area contributed by atoms with Crippen LogP contribution in [-0.2, 0) is 0 Å². The van der Waals surface area contributed by atoms with Crippen LogP contribution in [0.5, 0.6) is 0 Å². The standard InChI is InChI=1S/C12H28N2/c1-5-7-10-14(4)11-12(6-2)8-9-13-3/h12-13H,5-11H2,1-4H3. The summed E-state index contributed by atoms with van der Waals surface area (Å²) in [4.78, 5) is 2.48. The van der Waals surface area contributed by atoms with Gasteiger partial charge >= 0.3 is 0 Å². The Bertz CT molecular complexity index is 115. The molecule has 86 valence electrons. The van der Waals surface area contributed by atoms with Gasteiger partial charge in [0.25, 0.3) is 0 Å². The van der Waals surface area contributed by atoms with Crippen molar-refractivity contribution in [1.82, 2.24) is 10.2 Å². The third-order valence-electron chi connectivity index (χ3n) is 2.84. The number of hydrogen-bond donors (Lipinski definition) is 1. The fraction of sp³-hybridized carbons (Fsp3) is 1.00. The highest BCUT2D eigenvalue weighted by Gasteiger charge is 2.08. The Kier molecular flexibility index (Phi) is 9.42. The van der Waals surface area contributed by atoms with E-state index in [1.165, 1.54) is 38.8 Å². The Balaban J connectivity index is 3.57. The molecule has 2 heteroatoms. The third kappa shape index (κ3) is 7.34. The topological polar surface area (TPSA) is 15.3 Å². The van der Waals surface area contributed by atoms with Crippen LogP contribution in [0.3, 0.4) is 0 Å². The summed E-state index contributed by atoms with van der Waals surface area (Å²) in [6.07, 6.45) is 5.25. The van der Waals surface area contributed by atoms with Gasteiger partial charge in [0.05, 0.1) is 0 Å².